The molecule has 0 bridgehead atoms. The summed E-state index contributed by atoms with van der Waals surface area (Å²) in [4.78, 5) is 7.71. The lowest BCUT2D eigenvalue weighted by Crippen LogP contribution is -2.15. The summed E-state index contributed by atoms with van der Waals surface area (Å²) in [7, 11) is -1.22. The second kappa shape index (κ2) is 9.00. The summed E-state index contributed by atoms with van der Waals surface area (Å²) in [5, 5.41) is 5.43. The van der Waals surface area contributed by atoms with Gasteiger partial charge in [0.2, 0.25) is 5.88 Å². The second-order valence-electron chi connectivity index (χ2n) is 7.91. The molecular weight excluding hydrogens is 488 g/mol. The Balaban J connectivity index is 1.58. The Morgan fingerprint density at radius 3 is 2.53 bits per heavy atom. The van der Waals surface area contributed by atoms with Gasteiger partial charge < -0.3 is 4.74 Å². The summed E-state index contributed by atoms with van der Waals surface area (Å²) < 4.78 is 62.5. The molecule has 0 aliphatic rings. The van der Waals surface area contributed by atoms with Gasteiger partial charge in [-0.2, -0.15) is 5.10 Å². The first-order chi connectivity index (χ1) is 17.3. The first-order valence-corrected chi connectivity index (χ1v) is 12.1. The van der Waals surface area contributed by atoms with E-state index in [4.69, 9.17) is 4.74 Å². The molecular formula is C25H19F2N5O3S. The van der Waals surface area contributed by atoms with Crippen LogP contribution in [0.5, 0.6) is 5.88 Å². The summed E-state index contributed by atoms with van der Waals surface area (Å²) >= 11 is 0. The van der Waals surface area contributed by atoms with Crippen LogP contribution in [0.25, 0.3) is 33.3 Å². The Morgan fingerprint density at radius 1 is 0.972 bits per heavy atom. The monoisotopic (exact) mass is 507 g/mol. The number of methoxy groups -OCH3 is 1. The van der Waals surface area contributed by atoms with E-state index in [9.17, 15) is 17.2 Å². The van der Waals surface area contributed by atoms with Crippen molar-refractivity contribution in [1.82, 2.24) is 19.7 Å². The topological polar surface area (TPSA) is 99.0 Å². The van der Waals surface area contributed by atoms with Gasteiger partial charge in [0.25, 0.3) is 10.0 Å². The van der Waals surface area contributed by atoms with Crippen LogP contribution in [0, 0.1) is 11.6 Å². The molecule has 0 fully saturated rings. The highest BCUT2D eigenvalue weighted by Gasteiger charge is 2.22. The molecule has 0 unspecified atom stereocenters. The van der Waals surface area contributed by atoms with Crippen LogP contribution in [0.3, 0.4) is 0 Å². The van der Waals surface area contributed by atoms with Gasteiger partial charge in [-0.05, 0) is 48.0 Å². The van der Waals surface area contributed by atoms with Gasteiger partial charge in [-0.25, -0.2) is 22.2 Å². The van der Waals surface area contributed by atoms with E-state index in [1.54, 1.807) is 17.1 Å². The number of hydrogen-bond donors (Lipinski definition) is 1. The Labute approximate surface area is 205 Å². The van der Waals surface area contributed by atoms with Crippen LogP contribution in [0.2, 0.25) is 0 Å². The van der Waals surface area contributed by atoms with Crippen LogP contribution < -0.4 is 9.46 Å². The molecule has 0 saturated carbocycles. The standard InChI is InChI=1S/C25H19F2N5O3S/c1-32-24(16-4-3-9-28-13-16)19-10-15(5-7-21(19)30-32)17-11-22(25(35-2)29-14-17)31-36(33,34)23-8-6-18(26)12-20(23)27/h3-14,31H,1-2H3. The molecule has 5 aromatic rings. The van der Waals surface area contributed by atoms with E-state index in [0.29, 0.717) is 11.6 Å². The summed E-state index contributed by atoms with van der Waals surface area (Å²) in [6, 6.07) is 13.2. The smallest absolute Gasteiger partial charge is 0.264 e. The molecule has 0 saturated heterocycles. The number of pyridine rings is 2. The largest absolute Gasteiger partial charge is 0.480 e. The highest BCUT2D eigenvalue weighted by Crippen LogP contribution is 2.34. The lowest BCUT2D eigenvalue weighted by Gasteiger charge is -2.13. The van der Waals surface area contributed by atoms with Crippen LogP contribution in [0.1, 0.15) is 0 Å². The normalized spacial score (nSPS) is 11.6. The predicted octanol–water partition coefficient (Wildman–Crippen LogP) is 4.78. The lowest BCUT2D eigenvalue weighted by molar-refractivity contribution is 0.400. The molecule has 0 aliphatic carbocycles. The summed E-state index contributed by atoms with van der Waals surface area (Å²) in [6.07, 6.45) is 4.98. The fourth-order valence-electron chi connectivity index (χ4n) is 3.96. The quantitative estimate of drug-likeness (QED) is 0.355. The zero-order valence-electron chi connectivity index (χ0n) is 19.1. The van der Waals surface area contributed by atoms with E-state index in [-0.39, 0.29) is 11.6 Å². The average molecular weight is 508 g/mol. The highest BCUT2D eigenvalue weighted by molar-refractivity contribution is 7.92. The number of fused-ring (bicyclic) bond motifs is 1. The van der Waals surface area contributed by atoms with Crippen molar-refractivity contribution in [2.24, 2.45) is 7.05 Å². The number of sulfonamides is 1. The number of hydrogen-bond acceptors (Lipinski definition) is 6. The Morgan fingerprint density at radius 2 is 1.81 bits per heavy atom. The van der Waals surface area contributed by atoms with Crippen molar-refractivity contribution >= 4 is 26.6 Å². The minimum Gasteiger partial charge on any atom is -0.480 e. The van der Waals surface area contributed by atoms with Crippen LogP contribution in [-0.2, 0) is 17.1 Å². The van der Waals surface area contributed by atoms with Crippen LogP contribution >= 0.6 is 0 Å². The van der Waals surface area contributed by atoms with Crippen molar-refractivity contribution in [1.29, 1.82) is 0 Å². The minimum atomic E-state index is -4.40. The second-order valence-corrected chi connectivity index (χ2v) is 9.56. The van der Waals surface area contributed by atoms with Gasteiger partial charge in [-0.1, -0.05) is 6.07 Å². The Hall–Kier alpha value is -4.38. The summed E-state index contributed by atoms with van der Waals surface area (Å²) in [5.41, 5.74) is 3.85. The van der Waals surface area contributed by atoms with E-state index in [2.05, 4.69) is 19.8 Å². The summed E-state index contributed by atoms with van der Waals surface area (Å²) in [5.74, 6) is -2.11. The first kappa shape index (κ1) is 23.4. The zero-order chi connectivity index (χ0) is 25.4. The number of rotatable bonds is 6. The molecule has 0 aliphatic heterocycles. The van der Waals surface area contributed by atoms with Gasteiger partial charge in [-0.15, -0.1) is 0 Å². The molecule has 3 aromatic heterocycles. The van der Waals surface area contributed by atoms with Crippen molar-refractivity contribution in [2.75, 3.05) is 11.8 Å². The van der Waals surface area contributed by atoms with Gasteiger partial charge in [0.05, 0.1) is 18.3 Å². The molecule has 8 nitrogen and oxygen atoms in total. The van der Waals surface area contributed by atoms with Crippen LogP contribution in [0.4, 0.5) is 14.5 Å². The number of benzene rings is 2. The predicted molar refractivity (Wildman–Crippen MR) is 131 cm³/mol. The number of anilines is 1. The van der Waals surface area contributed by atoms with E-state index >= 15 is 0 Å². The molecule has 11 heteroatoms. The van der Waals surface area contributed by atoms with Crippen LogP contribution in [-0.4, -0.2) is 35.3 Å². The molecule has 0 radical (unpaired) electrons. The molecule has 36 heavy (non-hydrogen) atoms. The van der Waals surface area contributed by atoms with Gasteiger partial charge in [0.15, 0.2) is 0 Å². The zero-order valence-corrected chi connectivity index (χ0v) is 19.9. The van der Waals surface area contributed by atoms with Gasteiger partial charge >= 0.3 is 0 Å². The van der Waals surface area contributed by atoms with E-state index < -0.39 is 26.6 Å². The van der Waals surface area contributed by atoms with Crippen molar-refractivity contribution in [3.05, 3.63) is 84.8 Å². The fraction of sp³-hybridized carbons (Fsp3) is 0.0800. The first-order valence-electron chi connectivity index (χ1n) is 10.7. The van der Waals surface area contributed by atoms with Crippen molar-refractivity contribution < 1.29 is 21.9 Å². The Bertz CT molecular complexity index is 1710. The SMILES string of the molecule is COc1ncc(-c2ccc3nn(C)c(-c4cccnc4)c3c2)cc1NS(=O)(=O)c1ccc(F)cc1F. The van der Waals surface area contributed by atoms with Crippen molar-refractivity contribution in [3.8, 4) is 28.3 Å². The maximum atomic E-state index is 14.2. The lowest BCUT2D eigenvalue weighted by atomic mass is 10.0. The maximum Gasteiger partial charge on any atom is 0.264 e. The fourth-order valence-corrected chi connectivity index (χ4v) is 5.07. The van der Waals surface area contributed by atoms with Crippen molar-refractivity contribution in [3.63, 3.8) is 0 Å². The Kier molecular flexibility index (Phi) is 5.84. The number of aryl methyl sites for hydroxylation is 1. The molecule has 5 rings (SSSR count). The summed E-state index contributed by atoms with van der Waals surface area (Å²) in [6.45, 7) is 0. The van der Waals surface area contributed by atoms with E-state index in [0.717, 1.165) is 39.9 Å². The third kappa shape index (κ3) is 4.24. The number of aromatic nitrogens is 4. The number of ether oxygens (including phenoxy) is 1. The number of nitrogens with one attached hydrogen (secondary N) is 1. The average Bonchev–Trinajstić information content (AvgIpc) is 3.19. The van der Waals surface area contributed by atoms with Gasteiger partial charge in [0.1, 0.15) is 22.2 Å². The van der Waals surface area contributed by atoms with Gasteiger partial charge in [-0.3, -0.25) is 14.4 Å². The van der Waals surface area contributed by atoms with Crippen LogP contribution in [0.15, 0.2) is 78.1 Å². The maximum absolute atomic E-state index is 14.2. The third-order valence-corrected chi connectivity index (χ3v) is 6.97. The number of halogens is 2. The third-order valence-electron chi connectivity index (χ3n) is 5.57. The molecule has 0 amide bonds. The highest BCUT2D eigenvalue weighted by atomic mass is 32.2. The molecule has 0 spiro atoms. The van der Waals surface area contributed by atoms with E-state index in [1.165, 1.54) is 19.4 Å². The molecule has 0 atom stereocenters. The molecule has 182 valence electrons. The molecule has 3 heterocycles. The van der Waals surface area contributed by atoms with Gasteiger partial charge in [0, 0.05) is 48.2 Å². The number of nitrogens with zero attached hydrogens (tertiary/aromatic N) is 4. The molecule has 1 N–H and O–H groups in total. The molecule has 2 aromatic carbocycles. The van der Waals surface area contributed by atoms with Crippen molar-refractivity contribution in [2.45, 2.75) is 4.90 Å². The van der Waals surface area contributed by atoms with E-state index in [1.807, 2.05) is 37.4 Å². The minimum absolute atomic E-state index is 0.00232.